The van der Waals surface area contributed by atoms with Crippen molar-refractivity contribution in [2.45, 2.75) is 13.0 Å². The van der Waals surface area contributed by atoms with Crippen LogP contribution >= 0.6 is 0 Å². The van der Waals surface area contributed by atoms with Gasteiger partial charge in [-0.25, -0.2) is 4.79 Å². The molecule has 0 fully saturated rings. The normalized spacial score (nSPS) is 11.9. The largest absolute Gasteiger partial charge is 0.490 e. The molecule has 1 rings (SSSR count). The summed E-state index contributed by atoms with van der Waals surface area (Å²) in [6.07, 6.45) is 0.834. The van der Waals surface area contributed by atoms with Gasteiger partial charge in [-0.05, 0) is 30.7 Å². The molecule has 86 valence electrons. The van der Waals surface area contributed by atoms with Crippen molar-refractivity contribution in [3.8, 4) is 5.75 Å². The van der Waals surface area contributed by atoms with E-state index in [1.54, 1.807) is 19.1 Å². The predicted molar refractivity (Wildman–Crippen MR) is 59.7 cm³/mol. The molecule has 2 N–H and O–H groups in total. The van der Waals surface area contributed by atoms with Gasteiger partial charge in [-0.15, -0.1) is 0 Å². The summed E-state index contributed by atoms with van der Waals surface area (Å²) in [5.41, 5.74) is 0.608. The summed E-state index contributed by atoms with van der Waals surface area (Å²) in [6.45, 7) is 5.36. The van der Waals surface area contributed by atoms with Gasteiger partial charge in [0, 0.05) is 0 Å². The quantitative estimate of drug-likeness (QED) is 0.748. The number of aromatic carboxylic acids is 1. The lowest BCUT2D eigenvalue weighted by molar-refractivity contribution is 0.0696. The standard InChI is InChI=1S/C12H14O4/c1-3-4-16-11-6-9(8(2)13)5-10(7-11)12(14)15/h3,5-8,13H,1,4H2,2H3,(H,14,15). The predicted octanol–water partition coefficient (Wildman–Crippen LogP) is 2.00. The fourth-order valence-corrected chi connectivity index (χ4v) is 1.23. The Kier molecular flexibility index (Phi) is 4.08. The molecule has 0 aromatic heterocycles. The molecule has 0 amide bonds. The number of carbonyl (C=O) groups is 1. The fourth-order valence-electron chi connectivity index (χ4n) is 1.23. The van der Waals surface area contributed by atoms with Crippen molar-refractivity contribution in [1.82, 2.24) is 0 Å². The minimum atomic E-state index is -1.05. The Balaban J connectivity index is 3.08. The Labute approximate surface area is 93.8 Å². The number of rotatable bonds is 5. The third-order valence-corrected chi connectivity index (χ3v) is 2.03. The highest BCUT2D eigenvalue weighted by atomic mass is 16.5. The minimum absolute atomic E-state index is 0.0949. The molecule has 1 aromatic rings. The Morgan fingerprint density at radius 3 is 2.75 bits per heavy atom. The number of hydrogen-bond donors (Lipinski definition) is 2. The van der Waals surface area contributed by atoms with Crippen LogP contribution in [0.4, 0.5) is 0 Å². The number of aliphatic hydroxyl groups is 1. The van der Waals surface area contributed by atoms with Gasteiger partial charge in [-0.2, -0.15) is 0 Å². The van der Waals surface area contributed by atoms with Crippen molar-refractivity contribution in [2.24, 2.45) is 0 Å². The first-order valence-electron chi connectivity index (χ1n) is 4.84. The van der Waals surface area contributed by atoms with Gasteiger partial charge in [0.15, 0.2) is 0 Å². The van der Waals surface area contributed by atoms with Crippen molar-refractivity contribution in [1.29, 1.82) is 0 Å². The van der Waals surface area contributed by atoms with E-state index in [2.05, 4.69) is 6.58 Å². The van der Waals surface area contributed by atoms with Crippen molar-refractivity contribution in [3.63, 3.8) is 0 Å². The second kappa shape index (κ2) is 5.32. The molecule has 16 heavy (non-hydrogen) atoms. The number of carboxylic acids is 1. The molecule has 4 nitrogen and oxygen atoms in total. The van der Waals surface area contributed by atoms with E-state index < -0.39 is 12.1 Å². The first-order valence-corrected chi connectivity index (χ1v) is 4.84. The molecule has 0 radical (unpaired) electrons. The lowest BCUT2D eigenvalue weighted by Crippen LogP contribution is -2.02. The van der Waals surface area contributed by atoms with Crippen LogP contribution in [0.1, 0.15) is 28.9 Å². The van der Waals surface area contributed by atoms with Crippen LogP contribution in [0, 0.1) is 0 Å². The Hall–Kier alpha value is -1.81. The fraction of sp³-hybridized carbons (Fsp3) is 0.250. The average Bonchev–Trinajstić information content (AvgIpc) is 2.25. The summed E-state index contributed by atoms with van der Waals surface area (Å²) < 4.78 is 5.24. The van der Waals surface area contributed by atoms with Crippen molar-refractivity contribution >= 4 is 5.97 Å². The lowest BCUT2D eigenvalue weighted by Gasteiger charge is -2.10. The van der Waals surface area contributed by atoms with Gasteiger partial charge < -0.3 is 14.9 Å². The van der Waals surface area contributed by atoms with E-state index in [9.17, 15) is 9.90 Å². The zero-order valence-corrected chi connectivity index (χ0v) is 9.01. The Morgan fingerprint density at radius 1 is 1.56 bits per heavy atom. The van der Waals surface area contributed by atoms with Crippen LogP contribution < -0.4 is 4.74 Å². The molecular formula is C12H14O4. The molecule has 0 spiro atoms. The summed E-state index contributed by atoms with van der Waals surface area (Å²) in [5.74, 6) is -0.637. The number of hydrogen-bond acceptors (Lipinski definition) is 3. The van der Waals surface area contributed by atoms with Gasteiger partial charge in [0.1, 0.15) is 12.4 Å². The van der Waals surface area contributed by atoms with Gasteiger partial charge in [-0.3, -0.25) is 0 Å². The molecule has 0 aliphatic rings. The molecule has 0 heterocycles. The minimum Gasteiger partial charge on any atom is -0.490 e. The van der Waals surface area contributed by atoms with Crippen LogP contribution in [-0.2, 0) is 0 Å². The van der Waals surface area contributed by atoms with Gasteiger partial charge >= 0.3 is 5.97 Å². The zero-order valence-electron chi connectivity index (χ0n) is 9.01. The SMILES string of the molecule is C=CCOc1cc(C(=O)O)cc(C(C)O)c1. The van der Waals surface area contributed by atoms with Crippen LogP contribution in [-0.4, -0.2) is 22.8 Å². The first kappa shape index (κ1) is 12.3. The molecule has 0 aliphatic heterocycles. The zero-order chi connectivity index (χ0) is 12.1. The molecule has 0 aliphatic carbocycles. The maximum Gasteiger partial charge on any atom is 0.335 e. The van der Waals surface area contributed by atoms with Gasteiger partial charge in [-0.1, -0.05) is 12.7 Å². The molecule has 1 unspecified atom stereocenters. The van der Waals surface area contributed by atoms with E-state index in [4.69, 9.17) is 9.84 Å². The molecule has 4 heteroatoms. The van der Waals surface area contributed by atoms with Crippen molar-refractivity contribution < 1.29 is 19.7 Å². The maximum absolute atomic E-state index is 10.8. The molecule has 1 aromatic carbocycles. The smallest absolute Gasteiger partial charge is 0.335 e. The number of carboxylic acid groups (broad SMARTS) is 1. The van der Waals surface area contributed by atoms with Gasteiger partial charge in [0.05, 0.1) is 11.7 Å². The van der Waals surface area contributed by atoms with Crippen LogP contribution in [0.3, 0.4) is 0 Å². The summed E-state index contributed by atoms with van der Waals surface area (Å²) in [6, 6.07) is 4.45. The highest BCUT2D eigenvalue weighted by Crippen LogP contribution is 2.22. The van der Waals surface area contributed by atoms with E-state index in [0.29, 0.717) is 17.9 Å². The van der Waals surface area contributed by atoms with Crippen LogP contribution in [0.2, 0.25) is 0 Å². The Bertz CT molecular complexity index is 396. The first-order chi connectivity index (χ1) is 7.54. The van der Waals surface area contributed by atoms with E-state index in [0.717, 1.165) is 0 Å². The molecule has 1 atom stereocenters. The second-order valence-electron chi connectivity index (χ2n) is 3.37. The molecular weight excluding hydrogens is 208 g/mol. The van der Waals surface area contributed by atoms with Crippen LogP contribution in [0.5, 0.6) is 5.75 Å². The summed E-state index contributed by atoms with van der Waals surface area (Å²) in [7, 11) is 0. The van der Waals surface area contributed by atoms with Gasteiger partial charge in [0.2, 0.25) is 0 Å². The van der Waals surface area contributed by atoms with Crippen LogP contribution in [0.15, 0.2) is 30.9 Å². The lowest BCUT2D eigenvalue weighted by atomic mass is 10.1. The number of aliphatic hydroxyl groups excluding tert-OH is 1. The highest BCUT2D eigenvalue weighted by Gasteiger charge is 2.10. The average molecular weight is 222 g/mol. The third kappa shape index (κ3) is 3.10. The van der Waals surface area contributed by atoms with Crippen molar-refractivity contribution in [3.05, 3.63) is 42.0 Å². The van der Waals surface area contributed by atoms with E-state index >= 15 is 0 Å². The van der Waals surface area contributed by atoms with E-state index in [1.807, 2.05) is 0 Å². The molecule has 0 saturated carbocycles. The van der Waals surface area contributed by atoms with E-state index in [-0.39, 0.29) is 5.56 Å². The summed E-state index contributed by atoms with van der Waals surface area (Å²) in [4.78, 5) is 10.8. The monoisotopic (exact) mass is 222 g/mol. The third-order valence-electron chi connectivity index (χ3n) is 2.03. The van der Waals surface area contributed by atoms with Crippen molar-refractivity contribution in [2.75, 3.05) is 6.61 Å². The summed E-state index contributed by atoms with van der Waals surface area (Å²) in [5, 5.41) is 18.3. The highest BCUT2D eigenvalue weighted by molar-refractivity contribution is 5.88. The Morgan fingerprint density at radius 2 is 2.25 bits per heavy atom. The van der Waals surface area contributed by atoms with E-state index in [1.165, 1.54) is 12.1 Å². The van der Waals surface area contributed by atoms with Gasteiger partial charge in [0.25, 0.3) is 0 Å². The second-order valence-corrected chi connectivity index (χ2v) is 3.37. The summed E-state index contributed by atoms with van der Waals surface area (Å²) >= 11 is 0. The number of ether oxygens (including phenoxy) is 1. The maximum atomic E-state index is 10.8. The number of benzene rings is 1. The molecule has 0 bridgehead atoms. The van der Waals surface area contributed by atoms with Crippen LogP contribution in [0.25, 0.3) is 0 Å². The molecule has 0 saturated heterocycles. The topological polar surface area (TPSA) is 66.8 Å².